The minimum atomic E-state index is 0.754. The van der Waals surface area contributed by atoms with Gasteiger partial charge in [-0.05, 0) is 0 Å². The van der Waals surface area contributed by atoms with Crippen molar-refractivity contribution in [3.63, 3.8) is 0 Å². The average molecular weight is 211 g/mol. The third-order valence-corrected chi connectivity index (χ3v) is 3.16. The highest BCUT2D eigenvalue weighted by molar-refractivity contribution is 14.1. The van der Waals surface area contributed by atoms with Gasteiger partial charge in [0.25, 0.3) is 0 Å². The summed E-state index contributed by atoms with van der Waals surface area (Å²) in [5.74, 6) is 0. The van der Waals surface area contributed by atoms with Gasteiger partial charge in [0.2, 0.25) is 0 Å². The van der Waals surface area contributed by atoms with Crippen LogP contribution in [0.1, 0.15) is 19.8 Å². The Morgan fingerprint density at radius 1 is 1.67 bits per heavy atom. The topological polar surface area (TPSA) is 0 Å². The molecule has 0 bridgehead atoms. The fraction of sp³-hybridized carbons (Fsp3) is 1.00. The molecule has 0 rings (SSSR count). The van der Waals surface area contributed by atoms with Crippen molar-refractivity contribution in [3.8, 4) is 0 Å². The molecule has 0 aliphatic rings. The van der Waals surface area contributed by atoms with Crippen molar-refractivity contribution in [3.05, 3.63) is 0 Å². The quantitative estimate of drug-likeness (QED) is 0.381. The van der Waals surface area contributed by atoms with Gasteiger partial charge < -0.3 is 0 Å². The lowest BCUT2D eigenvalue weighted by atomic mass is 10.4. The molecule has 0 saturated carbocycles. The van der Waals surface area contributed by atoms with Crippen LogP contribution in [0.3, 0.4) is 0 Å². The molecule has 0 atom stereocenters. The molecule has 35 valence electrons. The zero-order valence-electron chi connectivity index (χ0n) is 4.08. The fourth-order valence-electron chi connectivity index (χ4n) is 0.281. The summed E-state index contributed by atoms with van der Waals surface area (Å²) in [4.78, 5) is 0. The first-order valence-electron chi connectivity index (χ1n) is 2.33. The van der Waals surface area contributed by atoms with Crippen LogP contribution in [0.15, 0.2) is 0 Å². The van der Waals surface area contributed by atoms with Gasteiger partial charge in [-0.15, -0.1) is 0 Å². The van der Waals surface area contributed by atoms with E-state index >= 15 is 0 Å². The van der Waals surface area contributed by atoms with E-state index in [0.717, 1.165) is 11.9 Å². The average Bonchev–Trinajstić information content (AvgIpc) is 1.61. The van der Waals surface area contributed by atoms with E-state index in [1.807, 2.05) is 0 Å². The van der Waals surface area contributed by atoms with Crippen LogP contribution >= 0.6 is 20.3 Å². The van der Waals surface area contributed by atoms with E-state index in [4.69, 9.17) is 0 Å². The van der Waals surface area contributed by atoms with E-state index in [1.54, 1.807) is 0 Å². The van der Waals surface area contributed by atoms with Crippen molar-refractivity contribution in [2.24, 2.45) is 0 Å². The van der Waals surface area contributed by atoms with Crippen LogP contribution in [0.5, 0.6) is 0 Å². The molecular weight excluding hydrogens is 202 g/mol. The molecule has 0 aromatic rings. The van der Waals surface area contributed by atoms with Gasteiger partial charge >= 0.3 is 11.9 Å². The Morgan fingerprint density at radius 3 is 2.50 bits per heavy atom. The molecular formula is C4H9AlI. The predicted molar refractivity (Wildman–Crippen MR) is 39.5 cm³/mol. The third-order valence-electron chi connectivity index (χ3n) is 0.667. The lowest BCUT2D eigenvalue weighted by Crippen LogP contribution is -1.72. The van der Waals surface area contributed by atoms with E-state index in [0.29, 0.717) is 0 Å². The van der Waals surface area contributed by atoms with Crippen molar-refractivity contribution >= 4 is 32.2 Å². The molecule has 0 spiro atoms. The van der Waals surface area contributed by atoms with E-state index in [2.05, 4.69) is 27.2 Å². The molecule has 0 aromatic heterocycles. The summed E-state index contributed by atoms with van der Waals surface area (Å²) < 4.78 is 0. The molecule has 0 fully saturated rings. The minimum absolute atomic E-state index is 0.754. The van der Waals surface area contributed by atoms with Gasteiger partial charge in [0.15, 0.2) is 0 Å². The van der Waals surface area contributed by atoms with Crippen LogP contribution in [0.25, 0.3) is 0 Å². The summed E-state index contributed by atoms with van der Waals surface area (Å²) in [6.07, 6.45) is 2.81. The molecule has 0 N–H and O–H groups in total. The number of hydrogen-bond donors (Lipinski definition) is 0. The summed E-state index contributed by atoms with van der Waals surface area (Å²) >= 11 is 3.25. The molecule has 0 heterocycles. The number of halogens is 1. The van der Waals surface area contributed by atoms with Gasteiger partial charge in [-0.2, -0.15) is 0 Å². The van der Waals surface area contributed by atoms with Gasteiger partial charge in [-0.3, -0.25) is 0 Å². The SMILES string of the molecule is CCC[CH2][Al][I]. The van der Waals surface area contributed by atoms with Crippen LogP contribution in [-0.4, -0.2) is 11.9 Å². The highest BCUT2D eigenvalue weighted by atomic mass is 127. The number of rotatable bonds is 3. The minimum Gasteiger partial charge on any atom is -0.225 e. The van der Waals surface area contributed by atoms with Crippen LogP contribution < -0.4 is 0 Å². The van der Waals surface area contributed by atoms with Crippen LogP contribution in [0, 0.1) is 0 Å². The van der Waals surface area contributed by atoms with Gasteiger partial charge in [-0.1, -0.05) is 25.0 Å². The lowest BCUT2D eigenvalue weighted by molar-refractivity contribution is 0.883. The van der Waals surface area contributed by atoms with Gasteiger partial charge in [0.05, 0.1) is 0 Å². The summed E-state index contributed by atoms with van der Waals surface area (Å²) in [5, 5.41) is 1.48. The first-order valence-corrected chi connectivity index (χ1v) is 7.32. The Kier molecular flexibility index (Phi) is 7.58. The molecule has 0 amide bonds. The molecule has 0 aliphatic heterocycles. The molecule has 1 radical (unpaired) electrons. The molecule has 0 nitrogen and oxygen atoms in total. The van der Waals surface area contributed by atoms with E-state index < -0.39 is 0 Å². The summed E-state index contributed by atoms with van der Waals surface area (Å²) in [5.41, 5.74) is 0. The Balaban J connectivity index is 2.34. The van der Waals surface area contributed by atoms with Crippen LogP contribution in [-0.2, 0) is 0 Å². The highest BCUT2D eigenvalue weighted by Gasteiger charge is 1.81. The predicted octanol–water partition coefficient (Wildman–Crippen LogP) is 2.26. The maximum Gasteiger partial charge on any atom is 0.311 e. The summed E-state index contributed by atoms with van der Waals surface area (Å²) in [6.45, 7) is 2.24. The smallest absolute Gasteiger partial charge is 0.225 e. The number of unbranched alkanes of at least 4 members (excludes halogenated alkanes) is 1. The lowest BCUT2D eigenvalue weighted by Gasteiger charge is -1.83. The Bertz CT molecular complexity index is 19.5. The molecule has 6 heavy (non-hydrogen) atoms. The van der Waals surface area contributed by atoms with E-state index in [9.17, 15) is 0 Å². The Labute approximate surface area is 57.1 Å². The highest BCUT2D eigenvalue weighted by Crippen LogP contribution is 1.95. The first-order chi connectivity index (χ1) is 2.91. The largest absolute Gasteiger partial charge is 0.311 e. The summed E-state index contributed by atoms with van der Waals surface area (Å²) in [7, 11) is 0. The normalized spacial score (nSPS) is 8.33. The molecule has 0 unspecified atom stereocenters. The second-order valence-corrected chi connectivity index (χ2v) is 4.82. The second kappa shape index (κ2) is 6.26. The van der Waals surface area contributed by atoms with Crippen molar-refractivity contribution in [1.82, 2.24) is 0 Å². The van der Waals surface area contributed by atoms with Crippen molar-refractivity contribution in [2.45, 2.75) is 25.0 Å². The Hall–Kier alpha value is 1.26. The van der Waals surface area contributed by atoms with Gasteiger partial charge in [0.1, 0.15) is 0 Å². The molecule has 0 saturated heterocycles. The fourth-order valence-corrected chi connectivity index (χ4v) is 2.17. The molecule has 2 heteroatoms. The monoisotopic (exact) mass is 211 g/mol. The van der Waals surface area contributed by atoms with Crippen LogP contribution in [0.4, 0.5) is 0 Å². The number of hydrogen-bond acceptors (Lipinski definition) is 0. The maximum atomic E-state index is 2.49. The zero-order chi connectivity index (χ0) is 4.83. The van der Waals surface area contributed by atoms with E-state index in [1.165, 1.54) is 18.1 Å². The zero-order valence-corrected chi connectivity index (χ0v) is 7.39. The summed E-state index contributed by atoms with van der Waals surface area (Å²) in [6, 6.07) is 0. The maximum absolute atomic E-state index is 2.49. The van der Waals surface area contributed by atoms with Gasteiger partial charge in [0, 0.05) is 0 Å². The Morgan fingerprint density at radius 2 is 2.33 bits per heavy atom. The van der Waals surface area contributed by atoms with Crippen LogP contribution in [0.2, 0.25) is 5.28 Å². The third kappa shape index (κ3) is 5.26. The van der Waals surface area contributed by atoms with E-state index in [-0.39, 0.29) is 0 Å². The van der Waals surface area contributed by atoms with Crippen molar-refractivity contribution < 1.29 is 0 Å². The van der Waals surface area contributed by atoms with Crippen molar-refractivity contribution in [2.75, 3.05) is 0 Å². The molecule has 0 aromatic carbocycles. The standard InChI is InChI=1S/C4H9.Al.HI/c1-3-4-2;;/h1,3-4H2,2H3;;1H/q;+1;/p-1. The second-order valence-electron chi connectivity index (χ2n) is 1.30. The van der Waals surface area contributed by atoms with Crippen molar-refractivity contribution in [1.29, 1.82) is 0 Å². The molecule has 0 aliphatic carbocycles. The first kappa shape index (κ1) is 7.26. The van der Waals surface area contributed by atoms with Gasteiger partial charge in [-0.25, -0.2) is 20.3 Å².